The molecule has 22 heavy (non-hydrogen) atoms. The van der Waals surface area contributed by atoms with E-state index in [9.17, 15) is 13.6 Å². The molecule has 0 unspecified atom stereocenters. The highest BCUT2D eigenvalue weighted by atomic mass is 32.1. The molecule has 0 saturated heterocycles. The van der Waals surface area contributed by atoms with Crippen LogP contribution in [-0.4, -0.2) is 19.1 Å². The lowest BCUT2D eigenvalue weighted by Crippen LogP contribution is -2.23. The van der Waals surface area contributed by atoms with E-state index in [1.807, 2.05) is 17.5 Å². The third kappa shape index (κ3) is 5.65. The zero-order chi connectivity index (χ0) is 15.8. The van der Waals surface area contributed by atoms with E-state index in [1.165, 1.54) is 18.2 Å². The van der Waals surface area contributed by atoms with Gasteiger partial charge in [0.2, 0.25) is 5.91 Å². The average molecular weight is 323 g/mol. The second-order valence-electron chi connectivity index (χ2n) is 4.41. The lowest BCUT2D eigenvalue weighted by Gasteiger charge is -2.06. The van der Waals surface area contributed by atoms with Crippen molar-refractivity contribution in [1.29, 1.82) is 0 Å². The fourth-order valence-corrected chi connectivity index (χ4v) is 2.39. The summed E-state index contributed by atoms with van der Waals surface area (Å²) >= 11 is 1.56. The van der Waals surface area contributed by atoms with Crippen molar-refractivity contribution in [1.82, 2.24) is 5.32 Å². The highest BCUT2D eigenvalue weighted by Gasteiger charge is 2.03. The van der Waals surface area contributed by atoms with Crippen molar-refractivity contribution in [2.45, 2.75) is 13.0 Å². The summed E-state index contributed by atoms with van der Waals surface area (Å²) in [6.07, 6.45) is 3.87. The van der Waals surface area contributed by atoms with Crippen molar-refractivity contribution in [3.8, 4) is 5.75 Å². The maximum absolute atomic E-state index is 12.0. The first kappa shape index (κ1) is 16.2. The quantitative estimate of drug-likeness (QED) is 0.789. The van der Waals surface area contributed by atoms with Crippen molar-refractivity contribution in [2.24, 2.45) is 0 Å². The fraction of sp³-hybridized carbons (Fsp3) is 0.188. The second kappa shape index (κ2) is 8.29. The Hall–Kier alpha value is -2.21. The van der Waals surface area contributed by atoms with E-state index in [0.29, 0.717) is 13.0 Å². The highest BCUT2D eigenvalue weighted by Crippen LogP contribution is 2.15. The molecule has 1 heterocycles. The average Bonchev–Trinajstić information content (AvgIpc) is 3.00. The lowest BCUT2D eigenvalue weighted by molar-refractivity contribution is -0.116. The zero-order valence-corrected chi connectivity index (χ0v) is 12.5. The number of alkyl halides is 2. The molecule has 0 atom stereocenters. The second-order valence-corrected chi connectivity index (χ2v) is 5.39. The first-order chi connectivity index (χ1) is 10.6. The summed E-state index contributed by atoms with van der Waals surface area (Å²) in [7, 11) is 0. The van der Waals surface area contributed by atoms with Gasteiger partial charge in [0, 0.05) is 17.5 Å². The van der Waals surface area contributed by atoms with Crippen LogP contribution >= 0.6 is 11.3 Å². The minimum Gasteiger partial charge on any atom is -0.435 e. The van der Waals surface area contributed by atoms with Crippen LogP contribution in [-0.2, 0) is 11.2 Å². The Bertz CT molecular complexity index is 610. The Labute approximate surface area is 131 Å². The van der Waals surface area contributed by atoms with Gasteiger partial charge in [0.05, 0.1) is 0 Å². The molecule has 0 fully saturated rings. The van der Waals surface area contributed by atoms with Crippen molar-refractivity contribution in [2.75, 3.05) is 6.54 Å². The van der Waals surface area contributed by atoms with Crippen LogP contribution in [0.4, 0.5) is 8.78 Å². The monoisotopic (exact) mass is 323 g/mol. The number of benzene rings is 1. The smallest absolute Gasteiger partial charge is 0.387 e. The molecular formula is C16H15F2NO2S. The molecule has 0 aliphatic carbocycles. The van der Waals surface area contributed by atoms with E-state index >= 15 is 0 Å². The number of halogens is 2. The number of rotatable bonds is 7. The van der Waals surface area contributed by atoms with Gasteiger partial charge in [-0.3, -0.25) is 4.79 Å². The van der Waals surface area contributed by atoms with Crippen LogP contribution in [0.15, 0.2) is 47.9 Å². The van der Waals surface area contributed by atoms with Gasteiger partial charge in [-0.1, -0.05) is 18.2 Å². The van der Waals surface area contributed by atoms with Crippen LogP contribution in [0.5, 0.6) is 5.75 Å². The predicted octanol–water partition coefficient (Wildman–Crippen LogP) is 3.72. The van der Waals surface area contributed by atoms with Gasteiger partial charge in [-0.15, -0.1) is 11.3 Å². The van der Waals surface area contributed by atoms with E-state index in [-0.39, 0.29) is 11.7 Å². The van der Waals surface area contributed by atoms with E-state index < -0.39 is 6.61 Å². The minimum atomic E-state index is -2.82. The van der Waals surface area contributed by atoms with Gasteiger partial charge < -0.3 is 10.1 Å². The van der Waals surface area contributed by atoms with Crippen LogP contribution in [0.3, 0.4) is 0 Å². The highest BCUT2D eigenvalue weighted by molar-refractivity contribution is 7.10. The molecule has 0 aliphatic rings. The molecule has 0 bridgehead atoms. The molecule has 0 radical (unpaired) electrons. The third-order valence-electron chi connectivity index (χ3n) is 2.80. The predicted molar refractivity (Wildman–Crippen MR) is 83.1 cm³/mol. The molecule has 0 spiro atoms. The molecule has 2 rings (SSSR count). The molecule has 1 aromatic heterocycles. The van der Waals surface area contributed by atoms with Crippen molar-refractivity contribution >= 4 is 23.3 Å². The Morgan fingerprint density at radius 1 is 1.27 bits per heavy atom. The summed E-state index contributed by atoms with van der Waals surface area (Å²) in [4.78, 5) is 12.6. The third-order valence-corrected chi connectivity index (χ3v) is 3.64. The number of nitrogens with one attached hydrogen (secondary N) is 1. The summed E-state index contributed by atoms with van der Waals surface area (Å²) in [5, 5.41) is 4.71. The van der Waals surface area contributed by atoms with Crippen LogP contribution in [0, 0.1) is 0 Å². The van der Waals surface area contributed by atoms with Gasteiger partial charge in [-0.2, -0.15) is 8.78 Å². The van der Waals surface area contributed by atoms with Gasteiger partial charge in [0.25, 0.3) is 0 Å². The summed E-state index contributed by atoms with van der Waals surface area (Å²) in [6, 6.07) is 10.2. The SMILES string of the molecule is O=C(/C=C/c1cccs1)NCCc1ccc(OC(F)F)cc1. The molecular weight excluding hydrogens is 308 g/mol. The van der Waals surface area contributed by atoms with E-state index in [0.717, 1.165) is 10.4 Å². The summed E-state index contributed by atoms with van der Waals surface area (Å²) in [5.74, 6) is -0.0345. The number of carbonyl (C=O) groups excluding carboxylic acids is 1. The Morgan fingerprint density at radius 2 is 2.05 bits per heavy atom. The number of ether oxygens (including phenoxy) is 1. The van der Waals surface area contributed by atoms with E-state index in [4.69, 9.17) is 0 Å². The van der Waals surface area contributed by atoms with Crippen LogP contribution < -0.4 is 10.1 Å². The molecule has 1 N–H and O–H groups in total. The van der Waals surface area contributed by atoms with E-state index in [2.05, 4.69) is 10.1 Å². The number of amides is 1. The first-order valence-electron chi connectivity index (χ1n) is 6.66. The normalized spacial score (nSPS) is 11.0. The van der Waals surface area contributed by atoms with Gasteiger partial charge in [0.1, 0.15) is 5.75 Å². The number of hydrogen-bond acceptors (Lipinski definition) is 3. The van der Waals surface area contributed by atoms with Crippen LogP contribution in [0.1, 0.15) is 10.4 Å². The van der Waals surface area contributed by atoms with Crippen molar-refractivity contribution in [3.63, 3.8) is 0 Å². The zero-order valence-electron chi connectivity index (χ0n) is 11.7. The summed E-state index contributed by atoms with van der Waals surface area (Å²) < 4.78 is 28.3. The number of carbonyl (C=O) groups is 1. The Balaban J connectivity index is 1.72. The van der Waals surface area contributed by atoms with E-state index in [1.54, 1.807) is 29.5 Å². The largest absolute Gasteiger partial charge is 0.435 e. The van der Waals surface area contributed by atoms with Crippen LogP contribution in [0.2, 0.25) is 0 Å². The van der Waals surface area contributed by atoms with Crippen molar-refractivity contribution in [3.05, 3.63) is 58.3 Å². The molecule has 3 nitrogen and oxygen atoms in total. The summed E-state index contributed by atoms with van der Waals surface area (Å²) in [5.41, 5.74) is 0.934. The molecule has 0 aliphatic heterocycles. The van der Waals surface area contributed by atoms with Gasteiger partial charge >= 0.3 is 6.61 Å². The maximum Gasteiger partial charge on any atom is 0.387 e. The van der Waals surface area contributed by atoms with Gasteiger partial charge in [-0.05, 0) is 41.6 Å². The van der Waals surface area contributed by atoms with Gasteiger partial charge in [0.15, 0.2) is 0 Å². The molecule has 1 aromatic carbocycles. The minimum absolute atomic E-state index is 0.127. The standard InChI is InChI=1S/C16H15F2NO2S/c17-16(18)21-13-5-3-12(4-6-13)9-10-19-15(20)8-7-14-2-1-11-22-14/h1-8,11,16H,9-10H2,(H,19,20)/b8-7+. The topological polar surface area (TPSA) is 38.3 Å². The van der Waals surface area contributed by atoms with Crippen molar-refractivity contribution < 1.29 is 18.3 Å². The Kier molecular flexibility index (Phi) is 6.09. The first-order valence-corrected chi connectivity index (χ1v) is 7.54. The molecule has 6 heteroatoms. The van der Waals surface area contributed by atoms with Crippen LogP contribution in [0.25, 0.3) is 6.08 Å². The molecule has 116 valence electrons. The Morgan fingerprint density at radius 3 is 2.68 bits per heavy atom. The molecule has 1 amide bonds. The number of thiophene rings is 1. The number of hydrogen-bond donors (Lipinski definition) is 1. The van der Waals surface area contributed by atoms with Gasteiger partial charge in [-0.25, -0.2) is 0 Å². The molecule has 0 saturated carbocycles. The fourth-order valence-electron chi connectivity index (χ4n) is 1.77. The lowest BCUT2D eigenvalue weighted by atomic mass is 10.1. The maximum atomic E-state index is 12.0. The summed E-state index contributed by atoms with van der Waals surface area (Å²) in [6.45, 7) is -2.34. The molecule has 2 aromatic rings.